The van der Waals surface area contributed by atoms with Gasteiger partial charge in [0.15, 0.2) is 17.2 Å². The summed E-state index contributed by atoms with van der Waals surface area (Å²) < 4.78 is 34.5. The maximum atomic E-state index is 15.1. The van der Waals surface area contributed by atoms with Gasteiger partial charge in [0.2, 0.25) is 0 Å². The Balaban J connectivity index is 1.95. The van der Waals surface area contributed by atoms with Crippen molar-refractivity contribution >= 4 is 16.9 Å². The highest BCUT2D eigenvalue weighted by atomic mass is 19.1. The van der Waals surface area contributed by atoms with Crippen LogP contribution in [-0.4, -0.2) is 52.3 Å². The van der Waals surface area contributed by atoms with Crippen LogP contribution in [-0.2, 0) is 18.3 Å². The first-order valence-electron chi connectivity index (χ1n) is 10.7. The summed E-state index contributed by atoms with van der Waals surface area (Å²) in [5, 5.41) is 4.23. The zero-order valence-electron chi connectivity index (χ0n) is 19.8. The molecule has 0 aliphatic rings. The van der Waals surface area contributed by atoms with E-state index in [4.69, 9.17) is 19.2 Å². The monoisotopic (exact) mass is 466 g/mol. The Kier molecular flexibility index (Phi) is 6.87. The molecule has 178 valence electrons. The van der Waals surface area contributed by atoms with E-state index in [1.165, 1.54) is 26.4 Å². The topological polar surface area (TPSA) is 88.6 Å². The number of rotatable bonds is 8. The van der Waals surface area contributed by atoms with Gasteiger partial charge in [-0.25, -0.2) is 14.4 Å². The molecule has 0 radical (unpaired) electrons. The lowest BCUT2D eigenvalue weighted by Gasteiger charge is -2.16. The van der Waals surface area contributed by atoms with Crippen molar-refractivity contribution in [2.45, 2.75) is 13.5 Å². The van der Waals surface area contributed by atoms with Gasteiger partial charge in [0.25, 0.3) is 0 Å². The van der Waals surface area contributed by atoms with Crippen LogP contribution < -0.4 is 15.0 Å². The summed E-state index contributed by atoms with van der Waals surface area (Å²) in [6, 6.07) is 6.63. The van der Waals surface area contributed by atoms with Crippen molar-refractivity contribution in [3.8, 4) is 22.8 Å². The lowest BCUT2D eigenvalue weighted by molar-refractivity contribution is 0.151. The average molecular weight is 467 g/mol. The van der Waals surface area contributed by atoms with E-state index >= 15 is 4.39 Å². The first-order valence-corrected chi connectivity index (χ1v) is 10.7. The summed E-state index contributed by atoms with van der Waals surface area (Å²) >= 11 is 0. The molecule has 3 heterocycles. The average Bonchev–Trinajstić information content (AvgIpc) is 3.27. The zero-order valence-corrected chi connectivity index (χ0v) is 19.8. The fraction of sp³-hybridized carbons (Fsp3) is 0.333. The van der Waals surface area contributed by atoms with E-state index in [2.05, 4.69) is 22.0 Å². The number of fused-ring (bicyclic) bond motifs is 1. The van der Waals surface area contributed by atoms with E-state index in [0.717, 1.165) is 5.56 Å². The summed E-state index contributed by atoms with van der Waals surface area (Å²) in [5.41, 5.74) is 3.46. The maximum absolute atomic E-state index is 15.1. The number of methoxy groups -OCH3 is 3. The fourth-order valence-electron chi connectivity index (χ4n) is 3.71. The molecule has 9 nitrogen and oxygen atoms in total. The van der Waals surface area contributed by atoms with Crippen LogP contribution in [0.2, 0.25) is 0 Å². The molecule has 0 bridgehead atoms. The van der Waals surface area contributed by atoms with Crippen molar-refractivity contribution in [3.63, 3.8) is 0 Å². The molecule has 0 saturated heterocycles. The Labute approximate surface area is 196 Å². The number of aromatic nitrogens is 5. The lowest BCUT2D eigenvalue weighted by Crippen LogP contribution is -2.26. The minimum atomic E-state index is -0.574. The molecule has 3 aromatic heterocycles. The van der Waals surface area contributed by atoms with Crippen LogP contribution in [0.25, 0.3) is 22.4 Å². The van der Waals surface area contributed by atoms with Crippen LogP contribution in [0.3, 0.4) is 0 Å². The largest absolute Gasteiger partial charge is 0.497 e. The van der Waals surface area contributed by atoms with Gasteiger partial charge < -0.3 is 18.8 Å². The van der Waals surface area contributed by atoms with E-state index in [1.54, 1.807) is 30.3 Å². The second-order valence-corrected chi connectivity index (χ2v) is 8.00. The molecule has 0 amide bonds. The van der Waals surface area contributed by atoms with Gasteiger partial charge in [-0.05, 0) is 18.1 Å². The molecule has 0 aliphatic heterocycles. The molecule has 10 heteroatoms. The molecule has 1 aromatic carbocycles. The first-order chi connectivity index (χ1) is 16.4. The second-order valence-electron chi connectivity index (χ2n) is 8.00. The number of hydrogen-bond acceptors (Lipinski definition) is 7. The minimum Gasteiger partial charge on any atom is -0.497 e. The fourth-order valence-corrected chi connectivity index (χ4v) is 3.71. The Morgan fingerprint density at radius 2 is 1.94 bits per heavy atom. The molecule has 4 rings (SSSR count). The number of benzene rings is 1. The van der Waals surface area contributed by atoms with Gasteiger partial charge in [-0.2, -0.15) is 5.10 Å². The van der Waals surface area contributed by atoms with Crippen molar-refractivity contribution < 1.29 is 18.6 Å². The molecule has 0 N–H and O–H groups in total. The lowest BCUT2D eigenvalue weighted by atomic mass is 10.2. The molecule has 1 atom stereocenters. The number of hydrogen-bond donors (Lipinski definition) is 0. The minimum absolute atomic E-state index is 0.0526. The Morgan fingerprint density at radius 3 is 2.62 bits per heavy atom. The zero-order chi connectivity index (χ0) is 24.2. The van der Waals surface area contributed by atoms with Crippen LogP contribution in [0.1, 0.15) is 6.92 Å². The van der Waals surface area contributed by atoms with E-state index in [9.17, 15) is 0 Å². The van der Waals surface area contributed by atoms with Crippen LogP contribution in [0, 0.1) is 11.7 Å². The summed E-state index contributed by atoms with van der Waals surface area (Å²) in [7, 11) is 6.42. The van der Waals surface area contributed by atoms with E-state index in [-0.39, 0.29) is 17.4 Å². The Hall–Kier alpha value is -3.79. The van der Waals surface area contributed by atoms with Gasteiger partial charge in [0.1, 0.15) is 22.4 Å². The van der Waals surface area contributed by atoms with Gasteiger partial charge in [0, 0.05) is 44.6 Å². The van der Waals surface area contributed by atoms with Gasteiger partial charge in [-0.3, -0.25) is 9.67 Å². The SMILES string of the molecule is COCC(C)Cn1/c(=N/c2cc(OC)cc(OC)c2F)ccc2ncc(-c3cnn(C)c3)nc21. The highest BCUT2D eigenvalue weighted by Crippen LogP contribution is 2.32. The number of pyridine rings is 1. The molecule has 0 saturated carbocycles. The van der Waals surface area contributed by atoms with Crippen molar-refractivity contribution in [1.29, 1.82) is 0 Å². The quantitative estimate of drug-likeness (QED) is 0.395. The molecular weight excluding hydrogens is 439 g/mol. The molecule has 4 aromatic rings. The van der Waals surface area contributed by atoms with Crippen molar-refractivity contribution in [3.05, 3.63) is 54.2 Å². The van der Waals surface area contributed by atoms with Crippen LogP contribution >= 0.6 is 0 Å². The van der Waals surface area contributed by atoms with Gasteiger partial charge >= 0.3 is 0 Å². The van der Waals surface area contributed by atoms with Crippen molar-refractivity contribution in [2.24, 2.45) is 18.0 Å². The number of aryl methyl sites for hydroxylation is 1. The predicted molar refractivity (Wildman–Crippen MR) is 125 cm³/mol. The highest BCUT2D eigenvalue weighted by Gasteiger charge is 2.15. The predicted octanol–water partition coefficient (Wildman–Crippen LogP) is 3.50. The number of ether oxygens (including phenoxy) is 3. The second kappa shape index (κ2) is 10.0. The number of halogens is 1. The summed E-state index contributed by atoms with van der Waals surface area (Å²) in [6.07, 6.45) is 5.32. The Morgan fingerprint density at radius 1 is 1.12 bits per heavy atom. The third-order valence-electron chi connectivity index (χ3n) is 5.33. The van der Waals surface area contributed by atoms with Crippen molar-refractivity contribution in [2.75, 3.05) is 27.9 Å². The van der Waals surface area contributed by atoms with Gasteiger partial charge in [-0.1, -0.05) is 6.92 Å². The van der Waals surface area contributed by atoms with E-state index < -0.39 is 5.82 Å². The van der Waals surface area contributed by atoms with Crippen LogP contribution in [0.15, 0.2) is 47.8 Å². The molecule has 0 spiro atoms. The molecular formula is C24H27FN6O3. The van der Waals surface area contributed by atoms with Gasteiger partial charge in [0.05, 0.1) is 38.9 Å². The normalized spacial score (nSPS) is 12.8. The van der Waals surface area contributed by atoms with Crippen LogP contribution in [0.5, 0.6) is 11.5 Å². The smallest absolute Gasteiger partial charge is 0.190 e. The third-order valence-corrected chi connectivity index (χ3v) is 5.33. The summed E-state index contributed by atoms with van der Waals surface area (Å²) in [5.74, 6) is 0.0609. The molecule has 0 fully saturated rings. The third kappa shape index (κ3) is 4.76. The number of nitrogens with zero attached hydrogens (tertiary/aromatic N) is 6. The van der Waals surface area contributed by atoms with Gasteiger partial charge in [-0.15, -0.1) is 0 Å². The molecule has 0 aliphatic carbocycles. The standard InChI is InChI=1S/C24H27FN6O3/c1-15(14-32-3)12-31-22(28-19-8-17(33-4)9-21(34-5)23(19)25)7-6-18-24(31)29-20(11-26-18)16-10-27-30(2)13-16/h6-11,13,15H,12,14H2,1-5H3/b28-22+. The summed E-state index contributed by atoms with van der Waals surface area (Å²) in [6.45, 7) is 3.14. The van der Waals surface area contributed by atoms with Crippen molar-refractivity contribution in [1.82, 2.24) is 24.3 Å². The van der Waals surface area contributed by atoms with E-state index in [1.807, 2.05) is 23.9 Å². The van der Waals surface area contributed by atoms with E-state index in [0.29, 0.717) is 41.2 Å². The highest BCUT2D eigenvalue weighted by molar-refractivity contribution is 5.73. The summed E-state index contributed by atoms with van der Waals surface area (Å²) in [4.78, 5) is 14.1. The maximum Gasteiger partial charge on any atom is 0.190 e. The molecule has 34 heavy (non-hydrogen) atoms. The first kappa shape index (κ1) is 23.4. The molecule has 1 unspecified atom stereocenters. The Bertz CT molecular complexity index is 1380. The van der Waals surface area contributed by atoms with Crippen LogP contribution in [0.4, 0.5) is 10.1 Å².